The van der Waals surface area contributed by atoms with E-state index in [-0.39, 0.29) is 0 Å². The van der Waals surface area contributed by atoms with Crippen LogP contribution in [-0.4, -0.2) is 17.0 Å². The zero-order valence-electron chi connectivity index (χ0n) is 12.1. The summed E-state index contributed by atoms with van der Waals surface area (Å²) >= 11 is 1.88. The molecule has 0 radical (unpaired) electrons. The first-order valence-electron chi connectivity index (χ1n) is 7.05. The summed E-state index contributed by atoms with van der Waals surface area (Å²) < 4.78 is 0. The zero-order chi connectivity index (χ0) is 14.2. The van der Waals surface area contributed by atoms with Crippen LogP contribution in [0.2, 0.25) is 0 Å². The molecule has 3 heteroatoms. The summed E-state index contributed by atoms with van der Waals surface area (Å²) in [6.45, 7) is 2.22. The Bertz CT molecular complexity index is 487. The topological polar surface area (TPSA) is 24.9 Å². The van der Waals surface area contributed by atoms with Gasteiger partial charge in [0.1, 0.15) is 0 Å². The molecule has 0 amide bonds. The zero-order valence-corrected chi connectivity index (χ0v) is 12.9. The highest BCUT2D eigenvalue weighted by atomic mass is 32.2. The second-order valence-electron chi connectivity index (χ2n) is 4.83. The number of hydrogen-bond acceptors (Lipinski definition) is 3. The lowest BCUT2D eigenvalue weighted by molar-refractivity contribution is 0.460. The molecule has 0 aliphatic heterocycles. The molecule has 2 rings (SSSR count). The van der Waals surface area contributed by atoms with Gasteiger partial charge in [0, 0.05) is 30.2 Å². The van der Waals surface area contributed by atoms with Crippen LogP contribution in [0.1, 0.15) is 36.6 Å². The second kappa shape index (κ2) is 8.08. The molecule has 2 atom stereocenters. The van der Waals surface area contributed by atoms with Crippen molar-refractivity contribution in [2.75, 3.05) is 12.0 Å². The molecule has 0 aliphatic rings. The van der Waals surface area contributed by atoms with E-state index in [0.717, 1.165) is 12.2 Å². The van der Waals surface area contributed by atoms with E-state index < -0.39 is 0 Å². The molecule has 2 aromatic rings. The minimum Gasteiger partial charge on any atom is -0.302 e. The van der Waals surface area contributed by atoms with Gasteiger partial charge >= 0.3 is 0 Å². The van der Waals surface area contributed by atoms with E-state index in [1.165, 1.54) is 11.1 Å². The summed E-state index contributed by atoms with van der Waals surface area (Å²) in [7, 11) is 0. The molecule has 0 bridgehead atoms. The van der Waals surface area contributed by atoms with Crippen LogP contribution in [-0.2, 0) is 0 Å². The van der Waals surface area contributed by atoms with Crippen LogP contribution in [0.4, 0.5) is 0 Å². The predicted molar refractivity (Wildman–Crippen MR) is 88.0 cm³/mol. The van der Waals surface area contributed by atoms with Crippen molar-refractivity contribution in [1.29, 1.82) is 0 Å². The number of pyridine rings is 1. The Hall–Kier alpha value is -1.32. The largest absolute Gasteiger partial charge is 0.302 e. The third-order valence-electron chi connectivity index (χ3n) is 3.45. The molecule has 1 aromatic carbocycles. The van der Waals surface area contributed by atoms with Crippen molar-refractivity contribution in [3.8, 4) is 0 Å². The van der Waals surface area contributed by atoms with E-state index in [2.05, 4.69) is 65.9 Å². The first-order chi connectivity index (χ1) is 9.85. The van der Waals surface area contributed by atoms with Gasteiger partial charge in [0.15, 0.2) is 0 Å². The number of rotatable bonds is 7. The average Bonchev–Trinajstić information content (AvgIpc) is 2.53. The molecule has 20 heavy (non-hydrogen) atoms. The number of aromatic nitrogens is 1. The van der Waals surface area contributed by atoms with Gasteiger partial charge in [0.2, 0.25) is 0 Å². The summed E-state index contributed by atoms with van der Waals surface area (Å²) in [5.41, 5.74) is 2.67. The fourth-order valence-electron chi connectivity index (χ4n) is 2.38. The Morgan fingerprint density at radius 2 is 1.65 bits per heavy atom. The van der Waals surface area contributed by atoms with Crippen LogP contribution in [0.25, 0.3) is 0 Å². The smallest absolute Gasteiger partial charge is 0.0416 e. The van der Waals surface area contributed by atoms with E-state index in [4.69, 9.17) is 0 Å². The number of nitrogens with one attached hydrogen (secondary N) is 1. The highest BCUT2D eigenvalue weighted by Crippen LogP contribution is 2.24. The molecule has 1 N–H and O–H groups in total. The summed E-state index contributed by atoms with van der Waals surface area (Å²) in [6, 6.07) is 15.6. The van der Waals surface area contributed by atoms with E-state index >= 15 is 0 Å². The van der Waals surface area contributed by atoms with Gasteiger partial charge < -0.3 is 5.32 Å². The molecule has 106 valence electrons. The second-order valence-corrected chi connectivity index (χ2v) is 5.74. The quantitative estimate of drug-likeness (QED) is 0.824. The summed E-state index contributed by atoms with van der Waals surface area (Å²) in [4.78, 5) is 4.10. The molecule has 0 fully saturated rings. The van der Waals surface area contributed by atoms with Crippen molar-refractivity contribution in [3.63, 3.8) is 0 Å². The third kappa shape index (κ3) is 4.09. The molecule has 0 aliphatic carbocycles. The van der Waals surface area contributed by atoms with Crippen molar-refractivity contribution < 1.29 is 0 Å². The summed E-state index contributed by atoms with van der Waals surface area (Å²) in [5, 5.41) is 3.79. The molecular weight excluding hydrogens is 264 g/mol. The van der Waals surface area contributed by atoms with Crippen LogP contribution in [0.15, 0.2) is 54.9 Å². The van der Waals surface area contributed by atoms with Gasteiger partial charge in [0.05, 0.1) is 0 Å². The van der Waals surface area contributed by atoms with E-state index in [9.17, 15) is 0 Å². The molecule has 1 heterocycles. The van der Waals surface area contributed by atoms with Crippen molar-refractivity contribution in [3.05, 3.63) is 66.0 Å². The van der Waals surface area contributed by atoms with Crippen LogP contribution in [0, 0.1) is 0 Å². The summed E-state index contributed by atoms with van der Waals surface area (Å²) in [6.07, 6.45) is 6.96. The first-order valence-corrected chi connectivity index (χ1v) is 8.44. The van der Waals surface area contributed by atoms with Crippen molar-refractivity contribution in [2.45, 2.75) is 25.4 Å². The maximum atomic E-state index is 4.10. The lowest BCUT2D eigenvalue weighted by Crippen LogP contribution is -2.27. The highest BCUT2D eigenvalue weighted by molar-refractivity contribution is 7.98. The van der Waals surface area contributed by atoms with Gasteiger partial charge in [-0.1, -0.05) is 37.3 Å². The number of hydrogen-bond donors (Lipinski definition) is 1. The molecule has 0 spiro atoms. The van der Waals surface area contributed by atoms with Crippen molar-refractivity contribution in [1.82, 2.24) is 10.3 Å². The predicted octanol–water partition coefficient (Wildman–Crippen LogP) is 4.23. The fraction of sp³-hybridized carbons (Fsp3) is 0.353. The van der Waals surface area contributed by atoms with Gasteiger partial charge in [-0.25, -0.2) is 0 Å². The lowest BCUT2D eigenvalue weighted by atomic mass is 10.0. The number of benzene rings is 1. The van der Waals surface area contributed by atoms with Crippen LogP contribution in [0.5, 0.6) is 0 Å². The number of nitrogens with zero attached hydrogens (tertiary/aromatic N) is 1. The standard InChI is InChI=1S/C17H22N2S/c1-3-16(15-9-11-18-12-10-15)19-17(13-20-2)14-7-5-4-6-8-14/h4-12,16-17,19H,3,13H2,1-2H3/t16-,17-/m1/s1. The van der Waals surface area contributed by atoms with Crippen molar-refractivity contribution in [2.24, 2.45) is 0 Å². The van der Waals surface area contributed by atoms with Crippen LogP contribution in [0.3, 0.4) is 0 Å². The fourth-order valence-corrected chi connectivity index (χ4v) is 3.00. The van der Waals surface area contributed by atoms with E-state index in [0.29, 0.717) is 12.1 Å². The van der Waals surface area contributed by atoms with Gasteiger partial charge in [-0.15, -0.1) is 0 Å². The van der Waals surface area contributed by atoms with Gasteiger partial charge in [-0.2, -0.15) is 11.8 Å². The van der Waals surface area contributed by atoms with E-state index in [1.807, 2.05) is 24.2 Å². The van der Waals surface area contributed by atoms with Crippen molar-refractivity contribution >= 4 is 11.8 Å². The molecular formula is C17H22N2S. The van der Waals surface area contributed by atoms with Crippen LogP contribution >= 0.6 is 11.8 Å². The first kappa shape index (κ1) is 15.1. The molecule has 1 aromatic heterocycles. The molecule has 0 unspecified atom stereocenters. The van der Waals surface area contributed by atoms with E-state index in [1.54, 1.807) is 0 Å². The summed E-state index contributed by atoms with van der Waals surface area (Å²) in [5.74, 6) is 1.07. The Labute approximate surface area is 126 Å². The average molecular weight is 286 g/mol. The van der Waals surface area contributed by atoms with Gasteiger partial charge in [-0.3, -0.25) is 4.98 Å². The van der Waals surface area contributed by atoms with Gasteiger partial charge in [0.25, 0.3) is 0 Å². The Morgan fingerprint density at radius 1 is 1.00 bits per heavy atom. The SMILES string of the molecule is CC[C@@H](N[C@H](CSC)c1ccccc1)c1ccncc1. The minimum absolute atomic E-state index is 0.371. The lowest BCUT2D eigenvalue weighted by Gasteiger charge is -2.25. The van der Waals surface area contributed by atoms with Gasteiger partial charge in [-0.05, 0) is 35.9 Å². The molecule has 2 nitrogen and oxygen atoms in total. The van der Waals surface area contributed by atoms with Crippen LogP contribution < -0.4 is 5.32 Å². The normalized spacial score (nSPS) is 13.9. The Kier molecular flexibility index (Phi) is 6.09. The Balaban J connectivity index is 2.14. The minimum atomic E-state index is 0.371. The maximum Gasteiger partial charge on any atom is 0.0416 e. The number of thioether (sulfide) groups is 1. The monoisotopic (exact) mass is 286 g/mol. The maximum absolute atomic E-state index is 4.10. The molecule has 0 saturated carbocycles. The Morgan fingerprint density at radius 3 is 2.25 bits per heavy atom. The highest BCUT2D eigenvalue weighted by Gasteiger charge is 2.16. The third-order valence-corrected chi connectivity index (χ3v) is 4.12. The molecule has 0 saturated heterocycles.